The lowest BCUT2D eigenvalue weighted by Crippen LogP contribution is -2.40. The van der Waals surface area contributed by atoms with Gasteiger partial charge in [0, 0.05) is 18.3 Å². The van der Waals surface area contributed by atoms with Crippen LogP contribution in [0.1, 0.15) is 6.92 Å². The van der Waals surface area contributed by atoms with Crippen LogP contribution >= 0.6 is 24.0 Å². The number of hydrogen-bond acceptors (Lipinski definition) is 5. The molecule has 0 saturated carbocycles. The Balaban J connectivity index is 2.36. The van der Waals surface area contributed by atoms with Crippen molar-refractivity contribution in [3.8, 4) is 0 Å². The molecule has 0 N–H and O–H groups in total. The van der Waals surface area contributed by atoms with Crippen LogP contribution in [0, 0.1) is 0 Å². The zero-order chi connectivity index (χ0) is 10.6. The molecule has 0 aromatic heterocycles. The topological polar surface area (TPSA) is 52.6 Å². The van der Waals surface area contributed by atoms with Gasteiger partial charge in [-0.05, 0) is 6.92 Å². The lowest BCUT2D eigenvalue weighted by molar-refractivity contribution is -0.304. The summed E-state index contributed by atoms with van der Waals surface area (Å²) in [7, 11) is 0. The summed E-state index contributed by atoms with van der Waals surface area (Å²) in [5, 5.41) is 9.89. The summed E-state index contributed by atoms with van der Waals surface area (Å²) < 4.78 is 5.78. The molecule has 1 fully saturated rings. The third-order valence-electron chi connectivity index (χ3n) is 1.88. The Hall–Kier alpha value is -0.330. The minimum absolute atomic E-state index is 0.592. The Morgan fingerprint density at radius 2 is 2.14 bits per heavy atom. The number of morpholine rings is 1. The van der Waals surface area contributed by atoms with Gasteiger partial charge >= 0.3 is 0 Å². The van der Waals surface area contributed by atoms with Crippen LogP contribution in [0.15, 0.2) is 0 Å². The maximum atomic E-state index is 10.5. The van der Waals surface area contributed by atoms with Gasteiger partial charge < -0.3 is 19.5 Å². The van der Waals surface area contributed by atoms with Crippen molar-refractivity contribution >= 4 is 34.3 Å². The third-order valence-corrected chi connectivity index (χ3v) is 3.43. The maximum Gasteiger partial charge on any atom is 0.137 e. The summed E-state index contributed by atoms with van der Waals surface area (Å²) in [6, 6.07) is 0. The molecule has 0 bridgehead atoms. The van der Waals surface area contributed by atoms with Crippen molar-refractivity contribution in [3.05, 3.63) is 0 Å². The van der Waals surface area contributed by atoms with Gasteiger partial charge in [-0.15, -0.1) is 0 Å². The average Bonchev–Trinajstić information content (AvgIpc) is 2.19. The molecule has 1 atom stereocenters. The van der Waals surface area contributed by atoms with E-state index < -0.39 is 11.2 Å². The van der Waals surface area contributed by atoms with E-state index in [4.69, 9.17) is 17.0 Å². The largest absolute Gasteiger partial charge is 0.549 e. The highest BCUT2D eigenvalue weighted by atomic mass is 32.2. The molecule has 0 aromatic rings. The lowest BCUT2D eigenvalue weighted by Gasteiger charge is -2.29. The Labute approximate surface area is 92.6 Å². The molecule has 80 valence electrons. The Morgan fingerprint density at radius 1 is 1.57 bits per heavy atom. The lowest BCUT2D eigenvalue weighted by atomic mass is 10.5. The monoisotopic (exact) mass is 234 g/mol. The van der Waals surface area contributed by atoms with Crippen molar-refractivity contribution in [2.45, 2.75) is 12.2 Å². The number of carbonyl (C=O) groups is 1. The zero-order valence-corrected chi connectivity index (χ0v) is 9.53. The summed E-state index contributed by atoms with van der Waals surface area (Å²) in [6.07, 6.45) is 0. The molecule has 0 spiro atoms. The van der Waals surface area contributed by atoms with E-state index in [9.17, 15) is 9.90 Å². The third kappa shape index (κ3) is 3.43. The zero-order valence-electron chi connectivity index (χ0n) is 7.89. The Kier molecular flexibility index (Phi) is 4.64. The minimum Gasteiger partial charge on any atom is -0.549 e. The molecule has 14 heavy (non-hydrogen) atoms. The molecule has 0 radical (unpaired) electrons. The van der Waals surface area contributed by atoms with Crippen molar-refractivity contribution in [2.75, 3.05) is 26.3 Å². The number of thioether (sulfide) groups is 1. The van der Waals surface area contributed by atoms with Crippen LogP contribution in [-0.2, 0) is 9.53 Å². The summed E-state index contributed by atoms with van der Waals surface area (Å²) in [5.41, 5.74) is 0. The normalized spacial score (nSPS) is 19.1. The summed E-state index contributed by atoms with van der Waals surface area (Å²) in [4.78, 5) is 12.4. The fourth-order valence-electron chi connectivity index (χ4n) is 1.02. The number of rotatable bonds is 2. The van der Waals surface area contributed by atoms with E-state index in [-0.39, 0.29) is 0 Å². The van der Waals surface area contributed by atoms with Crippen molar-refractivity contribution in [1.29, 1.82) is 0 Å². The molecular weight excluding hydrogens is 222 g/mol. The highest BCUT2D eigenvalue weighted by molar-refractivity contribution is 8.23. The second-order valence-electron chi connectivity index (χ2n) is 2.94. The molecule has 1 aliphatic rings. The van der Waals surface area contributed by atoms with Gasteiger partial charge in [0.25, 0.3) is 0 Å². The number of carboxylic acids is 1. The van der Waals surface area contributed by atoms with Crippen molar-refractivity contribution < 1.29 is 14.6 Å². The van der Waals surface area contributed by atoms with E-state index in [1.54, 1.807) is 6.92 Å². The second kappa shape index (κ2) is 5.53. The van der Waals surface area contributed by atoms with Crippen LogP contribution in [0.4, 0.5) is 0 Å². The predicted octanol–water partition coefficient (Wildman–Crippen LogP) is -0.525. The first-order valence-corrected chi connectivity index (χ1v) is 5.64. The first-order valence-electron chi connectivity index (χ1n) is 4.35. The number of ether oxygens (including phenoxy) is 1. The Morgan fingerprint density at radius 3 is 2.64 bits per heavy atom. The van der Waals surface area contributed by atoms with Crippen molar-refractivity contribution in [2.24, 2.45) is 0 Å². The van der Waals surface area contributed by atoms with Crippen LogP contribution in [0.5, 0.6) is 0 Å². The van der Waals surface area contributed by atoms with Crippen LogP contribution in [0.3, 0.4) is 0 Å². The van der Waals surface area contributed by atoms with Crippen LogP contribution < -0.4 is 5.11 Å². The highest BCUT2D eigenvalue weighted by Crippen LogP contribution is 2.16. The minimum atomic E-state index is -1.08. The molecule has 1 heterocycles. The fraction of sp³-hybridized carbons (Fsp3) is 0.750. The van der Waals surface area contributed by atoms with E-state index in [2.05, 4.69) is 0 Å². The summed E-state index contributed by atoms with van der Waals surface area (Å²) in [5.74, 6) is -1.08. The second-order valence-corrected chi connectivity index (χ2v) is 4.92. The van der Waals surface area contributed by atoms with Gasteiger partial charge in [0.15, 0.2) is 0 Å². The first kappa shape index (κ1) is 11.7. The number of carboxylic acid groups (broad SMARTS) is 1. The van der Waals surface area contributed by atoms with Gasteiger partial charge in [-0.25, -0.2) is 0 Å². The molecular formula is C8H12NO3S2-. The molecule has 0 aliphatic carbocycles. The average molecular weight is 234 g/mol. The quantitative estimate of drug-likeness (QED) is 0.599. The van der Waals surface area contributed by atoms with E-state index in [1.807, 2.05) is 4.90 Å². The van der Waals surface area contributed by atoms with E-state index >= 15 is 0 Å². The van der Waals surface area contributed by atoms with E-state index in [1.165, 1.54) is 0 Å². The standard InChI is InChI=1S/C8H13NO3S2/c1-6(7(10)11)14-8(13)9-2-4-12-5-3-9/h6H,2-5H2,1H3,(H,10,11)/p-1/t6-/m0/s1. The van der Waals surface area contributed by atoms with E-state index in [0.29, 0.717) is 17.5 Å². The van der Waals surface area contributed by atoms with Gasteiger partial charge in [0.05, 0.1) is 19.2 Å². The first-order chi connectivity index (χ1) is 6.61. The maximum absolute atomic E-state index is 10.5. The van der Waals surface area contributed by atoms with Crippen LogP contribution in [-0.4, -0.2) is 46.7 Å². The number of aliphatic carboxylic acids is 1. The molecule has 4 nitrogen and oxygen atoms in total. The molecule has 6 heteroatoms. The van der Waals surface area contributed by atoms with Crippen molar-refractivity contribution in [1.82, 2.24) is 4.90 Å². The summed E-state index contributed by atoms with van der Waals surface area (Å²) in [6.45, 7) is 4.37. The predicted molar refractivity (Wildman–Crippen MR) is 57.1 cm³/mol. The highest BCUT2D eigenvalue weighted by Gasteiger charge is 2.16. The van der Waals surface area contributed by atoms with Gasteiger partial charge in [0.2, 0.25) is 0 Å². The number of hydrogen-bond donors (Lipinski definition) is 0. The molecule has 1 aliphatic heterocycles. The Bertz CT molecular complexity index is 229. The molecule has 1 rings (SSSR count). The van der Waals surface area contributed by atoms with Gasteiger partial charge in [-0.1, -0.05) is 24.0 Å². The van der Waals surface area contributed by atoms with E-state index in [0.717, 1.165) is 24.9 Å². The molecule has 0 amide bonds. The van der Waals surface area contributed by atoms with Crippen LogP contribution in [0.2, 0.25) is 0 Å². The van der Waals surface area contributed by atoms with Crippen molar-refractivity contribution in [3.63, 3.8) is 0 Å². The number of nitrogens with zero attached hydrogens (tertiary/aromatic N) is 1. The summed E-state index contributed by atoms with van der Waals surface area (Å²) >= 11 is 6.27. The molecule has 1 saturated heterocycles. The molecule has 0 unspecified atom stereocenters. The number of thiocarbonyl (C=S) groups is 1. The number of carbonyl (C=O) groups excluding carboxylic acids is 1. The molecule has 0 aromatic carbocycles. The van der Waals surface area contributed by atoms with Gasteiger partial charge in [0.1, 0.15) is 4.32 Å². The smallest absolute Gasteiger partial charge is 0.137 e. The van der Waals surface area contributed by atoms with Gasteiger partial charge in [-0.2, -0.15) is 0 Å². The van der Waals surface area contributed by atoms with Gasteiger partial charge in [-0.3, -0.25) is 0 Å². The SMILES string of the molecule is C[C@H](SC(=S)N1CCOCC1)C(=O)[O-]. The fourth-order valence-corrected chi connectivity index (χ4v) is 2.37. The van der Waals surface area contributed by atoms with Crippen LogP contribution in [0.25, 0.3) is 0 Å².